The lowest BCUT2D eigenvalue weighted by molar-refractivity contribution is 0.183. The molecule has 20 heavy (non-hydrogen) atoms. The Kier molecular flexibility index (Phi) is 5.00. The number of fused-ring (bicyclic) bond motifs is 2. The number of nitrogens with zero attached hydrogens (tertiary/aromatic N) is 2. The molecule has 3 saturated heterocycles. The van der Waals surface area contributed by atoms with Crippen molar-refractivity contribution in [3.63, 3.8) is 0 Å². The number of likely N-dealkylation sites (N-methyl/N-ethyl adjacent to an activating group) is 2. The van der Waals surface area contributed by atoms with Gasteiger partial charge in [0.1, 0.15) is 0 Å². The Balaban J connectivity index is 1.37. The Bertz CT molecular complexity index is 295. The first-order valence-corrected chi connectivity index (χ1v) is 8.93. The minimum Gasteiger partial charge on any atom is -0.311 e. The lowest BCUT2D eigenvalue weighted by Gasteiger charge is -2.32. The Morgan fingerprint density at radius 1 is 1.15 bits per heavy atom. The summed E-state index contributed by atoms with van der Waals surface area (Å²) in [5.41, 5.74) is 0. The fourth-order valence-corrected chi connectivity index (χ4v) is 4.78. The van der Waals surface area contributed by atoms with Crippen molar-refractivity contribution in [2.45, 2.75) is 70.0 Å². The molecular weight excluding hydrogens is 246 g/mol. The quantitative estimate of drug-likeness (QED) is 0.805. The van der Waals surface area contributed by atoms with Crippen LogP contribution in [0.15, 0.2) is 0 Å². The summed E-state index contributed by atoms with van der Waals surface area (Å²) >= 11 is 0. The lowest BCUT2D eigenvalue weighted by Crippen LogP contribution is -2.41. The van der Waals surface area contributed by atoms with Crippen LogP contribution in [0.3, 0.4) is 0 Å². The van der Waals surface area contributed by atoms with Crippen LogP contribution in [0.2, 0.25) is 0 Å². The van der Waals surface area contributed by atoms with Crippen molar-refractivity contribution in [2.24, 2.45) is 5.92 Å². The average molecular weight is 279 g/mol. The highest BCUT2D eigenvalue weighted by Gasteiger charge is 2.33. The van der Waals surface area contributed by atoms with E-state index in [1.54, 1.807) is 0 Å². The van der Waals surface area contributed by atoms with E-state index in [-0.39, 0.29) is 0 Å². The molecule has 3 aliphatic heterocycles. The molecule has 3 unspecified atom stereocenters. The van der Waals surface area contributed by atoms with Crippen molar-refractivity contribution in [2.75, 3.05) is 33.2 Å². The predicted octanol–water partition coefficient (Wildman–Crippen LogP) is 2.32. The van der Waals surface area contributed by atoms with Gasteiger partial charge < -0.3 is 10.2 Å². The van der Waals surface area contributed by atoms with Crippen LogP contribution < -0.4 is 5.32 Å². The second-order valence-corrected chi connectivity index (χ2v) is 7.45. The van der Waals surface area contributed by atoms with Gasteiger partial charge in [-0.25, -0.2) is 0 Å². The van der Waals surface area contributed by atoms with Crippen LogP contribution >= 0.6 is 0 Å². The lowest BCUT2D eigenvalue weighted by atomic mass is 9.89. The average Bonchev–Trinajstić information content (AvgIpc) is 3.03. The molecule has 0 aromatic rings. The minimum atomic E-state index is 0.828. The molecule has 0 aromatic carbocycles. The van der Waals surface area contributed by atoms with Gasteiger partial charge in [0.05, 0.1) is 0 Å². The molecule has 3 fully saturated rings. The summed E-state index contributed by atoms with van der Waals surface area (Å²) in [6.07, 6.45) is 9.99. The van der Waals surface area contributed by atoms with Crippen molar-refractivity contribution in [3.8, 4) is 0 Å². The molecule has 3 nitrogen and oxygen atoms in total. The predicted molar refractivity (Wildman–Crippen MR) is 85.1 cm³/mol. The monoisotopic (exact) mass is 279 g/mol. The molecule has 116 valence electrons. The van der Waals surface area contributed by atoms with Crippen LogP contribution in [0, 0.1) is 5.92 Å². The van der Waals surface area contributed by atoms with E-state index in [1.165, 1.54) is 71.1 Å². The van der Waals surface area contributed by atoms with Crippen LogP contribution in [0.1, 0.15) is 51.9 Å². The molecule has 0 amide bonds. The zero-order valence-electron chi connectivity index (χ0n) is 13.5. The summed E-state index contributed by atoms with van der Waals surface area (Å²) in [5, 5.41) is 3.76. The zero-order chi connectivity index (χ0) is 13.9. The third kappa shape index (κ3) is 3.55. The molecule has 0 saturated carbocycles. The summed E-state index contributed by atoms with van der Waals surface area (Å²) < 4.78 is 0. The van der Waals surface area contributed by atoms with Gasteiger partial charge in [0.15, 0.2) is 0 Å². The van der Waals surface area contributed by atoms with E-state index in [0.717, 1.165) is 24.0 Å². The molecule has 3 aliphatic rings. The van der Waals surface area contributed by atoms with Gasteiger partial charge in [-0.2, -0.15) is 0 Å². The largest absolute Gasteiger partial charge is 0.311 e. The van der Waals surface area contributed by atoms with Crippen LogP contribution in [0.4, 0.5) is 0 Å². The number of nitrogens with one attached hydrogen (secondary N) is 1. The molecule has 3 heterocycles. The van der Waals surface area contributed by atoms with Gasteiger partial charge in [-0.3, -0.25) is 4.90 Å². The van der Waals surface area contributed by atoms with E-state index in [4.69, 9.17) is 0 Å². The summed E-state index contributed by atoms with van der Waals surface area (Å²) in [6.45, 7) is 7.45. The normalized spacial score (nSPS) is 38.0. The molecular formula is C17H33N3. The highest BCUT2D eigenvalue weighted by Crippen LogP contribution is 2.32. The van der Waals surface area contributed by atoms with E-state index in [2.05, 4.69) is 29.1 Å². The van der Waals surface area contributed by atoms with Crippen molar-refractivity contribution in [1.82, 2.24) is 15.1 Å². The maximum Gasteiger partial charge on any atom is 0.0223 e. The van der Waals surface area contributed by atoms with Gasteiger partial charge in [-0.05, 0) is 77.5 Å². The molecule has 2 bridgehead atoms. The van der Waals surface area contributed by atoms with Crippen LogP contribution in [-0.4, -0.2) is 61.2 Å². The van der Waals surface area contributed by atoms with E-state index < -0.39 is 0 Å². The van der Waals surface area contributed by atoms with Gasteiger partial charge in [-0.1, -0.05) is 6.92 Å². The molecule has 0 radical (unpaired) electrons. The molecule has 1 N–H and O–H groups in total. The summed E-state index contributed by atoms with van der Waals surface area (Å²) in [7, 11) is 2.34. The molecule has 3 heteroatoms. The van der Waals surface area contributed by atoms with Gasteiger partial charge in [-0.15, -0.1) is 0 Å². The Morgan fingerprint density at radius 3 is 2.60 bits per heavy atom. The van der Waals surface area contributed by atoms with Crippen molar-refractivity contribution >= 4 is 0 Å². The van der Waals surface area contributed by atoms with Crippen LogP contribution in [0.5, 0.6) is 0 Å². The molecule has 0 aromatic heterocycles. The number of rotatable bonds is 6. The molecule has 0 spiro atoms. The van der Waals surface area contributed by atoms with E-state index in [1.807, 2.05) is 0 Å². The highest BCUT2D eigenvalue weighted by molar-refractivity contribution is 4.92. The number of hydrogen-bond donors (Lipinski definition) is 1. The van der Waals surface area contributed by atoms with Gasteiger partial charge >= 0.3 is 0 Å². The first kappa shape index (κ1) is 14.8. The fourth-order valence-electron chi connectivity index (χ4n) is 4.78. The van der Waals surface area contributed by atoms with Crippen LogP contribution in [0.25, 0.3) is 0 Å². The first-order chi connectivity index (χ1) is 9.74. The van der Waals surface area contributed by atoms with Crippen molar-refractivity contribution in [1.29, 1.82) is 0 Å². The smallest absolute Gasteiger partial charge is 0.0223 e. The number of likely N-dealkylation sites (tertiary alicyclic amines) is 1. The summed E-state index contributed by atoms with van der Waals surface area (Å²) in [5.74, 6) is 0.988. The Labute approximate surface area is 125 Å². The second kappa shape index (κ2) is 6.76. The molecule has 3 atom stereocenters. The third-order valence-electron chi connectivity index (χ3n) is 5.92. The van der Waals surface area contributed by atoms with E-state index in [0.29, 0.717) is 0 Å². The number of piperidine rings is 1. The summed E-state index contributed by atoms with van der Waals surface area (Å²) in [4.78, 5) is 5.27. The van der Waals surface area contributed by atoms with Crippen molar-refractivity contribution < 1.29 is 0 Å². The third-order valence-corrected chi connectivity index (χ3v) is 5.92. The highest BCUT2D eigenvalue weighted by atomic mass is 15.2. The molecule has 3 rings (SSSR count). The Hall–Kier alpha value is -0.120. The maximum absolute atomic E-state index is 3.76. The van der Waals surface area contributed by atoms with Crippen LogP contribution in [-0.2, 0) is 0 Å². The van der Waals surface area contributed by atoms with E-state index in [9.17, 15) is 0 Å². The van der Waals surface area contributed by atoms with Crippen molar-refractivity contribution in [3.05, 3.63) is 0 Å². The first-order valence-electron chi connectivity index (χ1n) is 8.93. The van der Waals surface area contributed by atoms with Gasteiger partial charge in [0, 0.05) is 24.7 Å². The minimum absolute atomic E-state index is 0.828. The fraction of sp³-hybridized carbons (Fsp3) is 1.00. The topological polar surface area (TPSA) is 18.5 Å². The number of hydrogen-bond acceptors (Lipinski definition) is 3. The maximum atomic E-state index is 3.76. The van der Waals surface area contributed by atoms with Gasteiger partial charge in [0.25, 0.3) is 0 Å². The van der Waals surface area contributed by atoms with E-state index >= 15 is 0 Å². The van der Waals surface area contributed by atoms with Gasteiger partial charge in [0.2, 0.25) is 0 Å². The zero-order valence-corrected chi connectivity index (χ0v) is 13.5. The second-order valence-electron chi connectivity index (χ2n) is 7.45. The summed E-state index contributed by atoms with van der Waals surface area (Å²) in [6, 6.07) is 2.54. The SMILES string of the molecule is CCN1CCCC1CN(C)CCC1CC2CCC(C1)N2. The Morgan fingerprint density at radius 2 is 1.90 bits per heavy atom. The standard InChI is InChI=1S/C17H33N3/c1-3-20-9-4-5-17(20)13-19(2)10-8-14-11-15-6-7-16(12-14)18-15/h14-18H,3-13H2,1-2H3. The molecule has 0 aliphatic carbocycles.